The third-order valence-electron chi connectivity index (χ3n) is 3.34. The molecular weight excluding hydrogens is 246 g/mol. The van der Waals surface area contributed by atoms with E-state index in [-0.39, 0.29) is 24.7 Å². The molecule has 0 aromatic carbocycles. The maximum absolute atomic E-state index is 11.7. The van der Waals surface area contributed by atoms with E-state index in [9.17, 15) is 13.2 Å². The third-order valence-corrected chi connectivity index (χ3v) is 5.22. The highest BCUT2D eigenvalue weighted by Gasteiger charge is 2.45. The number of aliphatic hydroxyl groups is 1. The van der Waals surface area contributed by atoms with E-state index in [2.05, 4.69) is 0 Å². The van der Waals surface area contributed by atoms with Gasteiger partial charge in [0.15, 0.2) is 9.84 Å². The molecule has 1 amide bonds. The topological polar surface area (TPSA) is 83.9 Å². The number of amides is 1. The fraction of sp³-hybridized carbons (Fsp3) is 0.900. The third kappa shape index (κ3) is 2.71. The van der Waals surface area contributed by atoms with Gasteiger partial charge in [0, 0.05) is 19.5 Å². The zero-order valence-electron chi connectivity index (χ0n) is 9.59. The first-order valence-corrected chi connectivity index (χ1v) is 7.58. The number of rotatable bonds is 2. The Morgan fingerprint density at radius 1 is 1.41 bits per heavy atom. The first kappa shape index (κ1) is 12.6. The number of carbonyl (C=O) groups excluding carboxylic acids is 1. The summed E-state index contributed by atoms with van der Waals surface area (Å²) in [4.78, 5) is 13.1. The Hall–Kier alpha value is -0.820. The van der Waals surface area contributed by atoms with Gasteiger partial charge >= 0.3 is 6.09 Å². The number of carbonyl (C=O) groups is 1. The van der Waals surface area contributed by atoms with Gasteiger partial charge in [0.1, 0.15) is 5.60 Å². The molecule has 6 nitrogen and oxygen atoms in total. The summed E-state index contributed by atoms with van der Waals surface area (Å²) in [5.41, 5.74) is -0.819. The van der Waals surface area contributed by atoms with Crippen LogP contribution < -0.4 is 0 Å². The zero-order valence-corrected chi connectivity index (χ0v) is 10.4. The number of aliphatic hydroxyl groups excluding tert-OH is 1. The molecule has 17 heavy (non-hydrogen) atoms. The molecule has 2 aliphatic heterocycles. The Morgan fingerprint density at radius 3 is 2.76 bits per heavy atom. The van der Waals surface area contributed by atoms with E-state index in [1.54, 1.807) is 0 Å². The van der Waals surface area contributed by atoms with Crippen molar-refractivity contribution >= 4 is 15.9 Å². The second kappa shape index (κ2) is 4.45. The highest BCUT2D eigenvalue weighted by molar-refractivity contribution is 7.91. The van der Waals surface area contributed by atoms with Gasteiger partial charge < -0.3 is 14.7 Å². The number of hydrogen-bond donors (Lipinski definition) is 1. The molecule has 0 aliphatic carbocycles. The van der Waals surface area contributed by atoms with Crippen molar-refractivity contribution in [2.75, 3.05) is 31.2 Å². The van der Waals surface area contributed by atoms with Crippen LogP contribution in [0.4, 0.5) is 4.79 Å². The van der Waals surface area contributed by atoms with Crippen molar-refractivity contribution in [1.82, 2.24) is 4.90 Å². The zero-order chi connectivity index (χ0) is 12.5. The second-order valence-electron chi connectivity index (χ2n) is 4.71. The van der Waals surface area contributed by atoms with Gasteiger partial charge in [0.05, 0.1) is 18.1 Å². The van der Waals surface area contributed by atoms with Crippen LogP contribution in [0.2, 0.25) is 0 Å². The molecule has 0 aromatic heterocycles. The van der Waals surface area contributed by atoms with Crippen molar-refractivity contribution in [3.8, 4) is 0 Å². The predicted octanol–water partition coefficient (Wildman–Crippen LogP) is -0.232. The number of β-amino-alcohol motifs (C(OH)–C–C–N with tert-alkyl or cyclic N) is 1. The van der Waals surface area contributed by atoms with Crippen LogP contribution >= 0.6 is 0 Å². The Balaban J connectivity index is 2.07. The SMILES string of the molecule is O=C1OC2(CCCS(=O)(=O)C2)CCN1CCO. The lowest BCUT2D eigenvalue weighted by atomic mass is 9.94. The minimum atomic E-state index is -3.09. The first-order chi connectivity index (χ1) is 7.96. The second-order valence-corrected chi connectivity index (χ2v) is 6.89. The maximum atomic E-state index is 11.7. The Labute approximate surface area is 100 Å². The summed E-state index contributed by atoms with van der Waals surface area (Å²) in [6.45, 7) is 0.580. The van der Waals surface area contributed by atoms with E-state index in [4.69, 9.17) is 9.84 Å². The largest absolute Gasteiger partial charge is 0.442 e. The van der Waals surface area contributed by atoms with Crippen molar-refractivity contribution in [3.63, 3.8) is 0 Å². The molecule has 2 saturated heterocycles. The minimum absolute atomic E-state index is 0.0568. The minimum Gasteiger partial charge on any atom is -0.442 e. The van der Waals surface area contributed by atoms with Crippen molar-refractivity contribution in [1.29, 1.82) is 0 Å². The van der Waals surface area contributed by atoms with Gasteiger partial charge in [-0.15, -0.1) is 0 Å². The average Bonchev–Trinajstić information content (AvgIpc) is 2.21. The van der Waals surface area contributed by atoms with Crippen molar-refractivity contribution in [2.45, 2.75) is 24.9 Å². The van der Waals surface area contributed by atoms with Crippen LogP contribution in [0.15, 0.2) is 0 Å². The fourth-order valence-corrected chi connectivity index (χ4v) is 4.37. The van der Waals surface area contributed by atoms with Gasteiger partial charge in [0.2, 0.25) is 0 Å². The lowest BCUT2D eigenvalue weighted by molar-refractivity contribution is -0.0438. The number of sulfone groups is 1. The average molecular weight is 263 g/mol. The molecule has 2 aliphatic rings. The smallest absolute Gasteiger partial charge is 0.410 e. The summed E-state index contributed by atoms with van der Waals surface area (Å²) in [6, 6.07) is 0. The van der Waals surface area contributed by atoms with E-state index in [0.29, 0.717) is 25.8 Å². The van der Waals surface area contributed by atoms with Gasteiger partial charge in [-0.25, -0.2) is 13.2 Å². The lowest BCUT2D eigenvalue weighted by Crippen LogP contribution is -2.55. The lowest BCUT2D eigenvalue weighted by Gasteiger charge is -2.42. The number of hydrogen-bond acceptors (Lipinski definition) is 5. The van der Waals surface area contributed by atoms with E-state index < -0.39 is 21.5 Å². The van der Waals surface area contributed by atoms with E-state index in [1.807, 2.05) is 0 Å². The Morgan fingerprint density at radius 2 is 2.18 bits per heavy atom. The predicted molar refractivity (Wildman–Crippen MR) is 60.4 cm³/mol. The van der Waals surface area contributed by atoms with Crippen LogP contribution in [0, 0.1) is 0 Å². The standard InChI is InChI=1S/C10H17NO5S/c12-6-5-11-4-3-10(16-9(11)13)2-1-7-17(14,15)8-10/h12H,1-8H2. The van der Waals surface area contributed by atoms with Gasteiger partial charge in [-0.2, -0.15) is 0 Å². The summed E-state index contributed by atoms with van der Waals surface area (Å²) < 4.78 is 28.5. The van der Waals surface area contributed by atoms with Crippen LogP contribution in [0.25, 0.3) is 0 Å². The monoisotopic (exact) mass is 263 g/mol. The molecule has 2 fully saturated rings. The van der Waals surface area contributed by atoms with Gasteiger partial charge in [-0.05, 0) is 12.8 Å². The maximum Gasteiger partial charge on any atom is 0.410 e. The van der Waals surface area contributed by atoms with Crippen LogP contribution in [0.3, 0.4) is 0 Å². The molecular formula is C10H17NO5S. The Kier molecular flexibility index (Phi) is 3.31. The highest BCUT2D eigenvalue weighted by atomic mass is 32.2. The molecule has 2 rings (SSSR count). The summed E-state index contributed by atoms with van der Waals surface area (Å²) in [5.74, 6) is 0.130. The summed E-state index contributed by atoms with van der Waals surface area (Å²) in [7, 11) is -3.09. The van der Waals surface area contributed by atoms with Crippen molar-refractivity contribution in [2.24, 2.45) is 0 Å². The van der Waals surface area contributed by atoms with Crippen LogP contribution in [-0.2, 0) is 14.6 Å². The molecule has 0 saturated carbocycles. The van der Waals surface area contributed by atoms with Crippen LogP contribution in [-0.4, -0.2) is 61.3 Å². The normalized spacial score (nSPS) is 32.5. The highest BCUT2D eigenvalue weighted by Crippen LogP contribution is 2.33. The number of nitrogens with zero attached hydrogens (tertiary/aromatic N) is 1. The summed E-state index contributed by atoms with van der Waals surface area (Å²) >= 11 is 0. The molecule has 98 valence electrons. The molecule has 0 bridgehead atoms. The molecule has 1 N–H and O–H groups in total. The summed E-state index contributed by atoms with van der Waals surface area (Å²) in [6.07, 6.45) is 1.18. The summed E-state index contributed by atoms with van der Waals surface area (Å²) in [5, 5.41) is 8.78. The molecule has 2 heterocycles. The molecule has 0 aromatic rings. The number of ether oxygens (including phenoxy) is 1. The van der Waals surface area contributed by atoms with Crippen molar-refractivity contribution < 1.29 is 23.1 Å². The first-order valence-electron chi connectivity index (χ1n) is 5.76. The van der Waals surface area contributed by atoms with Gasteiger partial charge in [-0.3, -0.25) is 0 Å². The van der Waals surface area contributed by atoms with Crippen LogP contribution in [0.1, 0.15) is 19.3 Å². The molecule has 1 unspecified atom stereocenters. The van der Waals surface area contributed by atoms with E-state index in [1.165, 1.54) is 4.90 Å². The van der Waals surface area contributed by atoms with Crippen molar-refractivity contribution in [3.05, 3.63) is 0 Å². The van der Waals surface area contributed by atoms with Crippen LogP contribution in [0.5, 0.6) is 0 Å². The van der Waals surface area contributed by atoms with E-state index >= 15 is 0 Å². The van der Waals surface area contributed by atoms with Gasteiger partial charge in [-0.1, -0.05) is 0 Å². The fourth-order valence-electron chi connectivity index (χ4n) is 2.49. The molecule has 1 atom stereocenters. The molecule has 7 heteroatoms. The molecule has 1 spiro atoms. The molecule has 0 radical (unpaired) electrons. The quantitative estimate of drug-likeness (QED) is 0.744. The Bertz CT molecular complexity index is 407. The van der Waals surface area contributed by atoms with Gasteiger partial charge in [0.25, 0.3) is 0 Å². The van der Waals surface area contributed by atoms with E-state index in [0.717, 1.165) is 0 Å².